The minimum Gasteiger partial charge on any atom is -0.350 e. The number of hydrogen-bond donors (Lipinski definition) is 1. The highest BCUT2D eigenvalue weighted by atomic mass is 16.1. The molecule has 146 valence electrons. The minimum atomic E-state index is 0.0116. The Hall–Kier alpha value is -2.22. The zero-order valence-corrected chi connectivity index (χ0v) is 15.9. The Morgan fingerprint density at radius 2 is 2.07 bits per heavy atom. The second-order valence-corrected chi connectivity index (χ2v) is 7.65. The van der Waals surface area contributed by atoms with E-state index in [9.17, 15) is 4.79 Å². The molecule has 27 heavy (non-hydrogen) atoms. The summed E-state index contributed by atoms with van der Waals surface area (Å²) in [6.07, 6.45) is 11.4. The quantitative estimate of drug-likeness (QED) is 0.836. The maximum Gasteiger partial charge on any atom is 0.222 e. The van der Waals surface area contributed by atoms with Crippen LogP contribution in [0.4, 0.5) is 0 Å². The highest BCUT2D eigenvalue weighted by molar-refractivity contribution is 5.75. The molecule has 2 aromatic rings. The van der Waals surface area contributed by atoms with E-state index in [1.807, 2.05) is 0 Å². The van der Waals surface area contributed by atoms with E-state index in [0.717, 1.165) is 31.2 Å². The summed E-state index contributed by atoms with van der Waals surface area (Å²) in [7, 11) is 0. The van der Waals surface area contributed by atoms with Gasteiger partial charge < -0.3 is 5.32 Å². The van der Waals surface area contributed by atoms with Crippen LogP contribution in [0.25, 0.3) is 0 Å². The van der Waals surface area contributed by atoms with Crippen LogP contribution in [0.2, 0.25) is 0 Å². The molecule has 0 aromatic carbocycles. The van der Waals surface area contributed by atoms with Gasteiger partial charge in [0.25, 0.3) is 0 Å². The van der Waals surface area contributed by atoms with Gasteiger partial charge in [-0.15, -0.1) is 0 Å². The van der Waals surface area contributed by atoms with Gasteiger partial charge in [0.2, 0.25) is 5.91 Å². The molecule has 1 N–H and O–H groups in total. The van der Waals surface area contributed by atoms with Crippen LogP contribution in [0.5, 0.6) is 0 Å². The van der Waals surface area contributed by atoms with Crippen LogP contribution < -0.4 is 5.32 Å². The Morgan fingerprint density at radius 1 is 1.19 bits per heavy atom. The summed E-state index contributed by atoms with van der Waals surface area (Å²) in [5, 5.41) is 11.7. The Kier molecular flexibility index (Phi) is 5.81. The van der Waals surface area contributed by atoms with Crippen LogP contribution >= 0.6 is 0 Å². The standard InChI is InChI=1S/C19H29N7O/c27-19(7-10-25-15-20-14-22-25)21-12-16-11-18-13-24(8-4-9-26(18)23-16)17-5-2-1-3-6-17/h11,14-15,17H,1-10,12-13H2,(H,21,27). The smallest absolute Gasteiger partial charge is 0.222 e. The van der Waals surface area contributed by atoms with Crippen LogP contribution in [0.3, 0.4) is 0 Å². The number of nitrogens with zero attached hydrogens (tertiary/aromatic N) is 6. The average Bonchev–Trinajstić information content (AvgIpc) is 3.31. The molecular weight excluding hydrogens is 342 g/mol. The lowest BCUT2D eigenvalue weighted by atomic mass is 9.94. The number of hydrogen-bond acceptors (Lipinski definition) is 5. The first-order valence-electron chi connectivity index (χ1n) is 10.2. The molecule has 0 unspecified atom stereocenters. The first kappa shape index (κ1) is 18.2. The van der Waals surface area contributed by atoms with E-state index < -0.39 is 0 Å². The number of carbonyl (C=O) groups is 1. The van der Waals surface area contributed by atoms with Gasteiger partial charge in [-0.1, -0.05) is 19.3 Å². The van der Waals surface area contributed by atoms with Crippen molar-refractivity contribution in [3.05, 3.63) is 30.1 Å². The van der Waals surface area contributed by atoms with Crippen LogP contribution in [0.15, 0.2) is 18.7 Å². The summed E-state index contributed by atoms with van der Waals surface area (Å²) in [5.41, 5.74) is 2.23. The van der Waals surface area contributed by atoms with Gasteiger partial charge in [-0.3, -0.25) is 19.1 Å². The van der Waals surface area contributed by atoms with Crippen molar-refractivity contribution in [1.29, 1.82) is 0 Å². The number of aryl methyl sites for hydroxylation is 2. The van der Waals surface area contributed by atoms with E-state index in [-0.39, 0.29) is 5.91 Å². The molecule has 8 nitrogen and oxygen atoms in total. The summed E-state index contributed by atoms with van der Waals surface area (Å²) in [4.78, 5) is 18.6. The fourth-order valence-electron chi connectivity index (χ4n) is 4.23. The predicted molar refractivity (Wildman–Crippen MR) is 101 cm³/mol. The van der Waals surface area contributed by atoms with Crippen LogP contribution in [-0.4, -0.2) is 47.9 Å². The van der Waals surface area contributed by atoms with Crippen molar-refractivity contribution in [2.24, 2.45) is 0 Å². The molecular formula is C19H29N7O. The first-order chi connectivity index (χ1) is 13.3. The molecule has 1 saturated carbocycles. The monoisotopic (exact) mass is 371 g/mol. The third-order valence-electron chi connectivity index (χ3n) is 5.69. The van der Waals surface area contributed by atoms with E-state index in [1.165, 1.54) is 50.7 Å². The predicted octanol–water partition coefficient (Wildman–Crippen LogP) is 1.72. The van der Waals surface area contributed by atoms with Gasteiger partial charge in [-0.05, 0) is 25.3 Å². The topological polar surface area (TPSA) is 80.9 Å². The summed E-state index contributed by atoms with van der Waals surface area (Å²) >= 11 is 0. The Balaban J connectivity index is 1.29. The Labute approximate surface area is 159 Å². The zero-order chi connectivity index (χ0) is 18.5. The van der Waals surface area contributed by atoms with Gasteiger partial charge in [0.1, 0.15) is 12.7 Å². The molecule has 1 amide bonds. The number of nitrogens with one attached hydrogen (secondary N) is 1. The van der Waals surface area contributed by atoms with Crippen molar-refractivity contribution in [2.45, 2.75) is 77.2 Å². The van der Waals surface area contributed by atoms with Gasteiger partial charge in [-0.2, -0.15) is 10.2 Å². The van der Waals surface area contributed by atoms with Crippen molar-refractivity contribution in [1.82, 2.24) is 34.8 Å². The molecule has 0 saturated heterocycles. The van der Waals surface area contributed by atoms with E-state index in [4.69, 9.17) is 5.10 Å². The van der Waals surface area contributed by atoms with Gasteiger partial charge in [0, 0.05) is 32.1 Å². The highest BCUT2D eigenvalue weighted by Crippen LogP contribution is 2.25. The van der Waals surface area contributed by atoms with E-state index in [1.54, 1.807) is 11.0 Å². The molecule has 0 spiro atoms. The summed E-state index contributed by atoms with van der Waals surface area (Å²) in [6.45, 7) is 4.15. The highest BCUT2D eigenvalue weighted by Gasteiger charge is 2.24. The van der Waals surface area contributed by atoms with Crippen LogP contribution in [0, 0.1) is 0 Å². The van der Waals surface area contributed by atoms with Crippen molar-refractivity contribution >= 4 is 5.91 Å². The molecule has 1 aliphatic heterocycles. The maximum absolute atomic E-state index is 12.1. The van der Waals surface area contributed by atoms with Crippen molar-refractivity contribution in [2.75, 3.05) is 6.54 Å². The van der Waals surface area contributed by atoms with Gasteiger partial charge >= 0.3 is 0 Å². The second kappa shape index (κ2) is 8.65. The van der Waals surface area contributed by atoms with Crippen LogP contribution in [0.1, 0.15) is 56.3 Å². The fourth-order valence-corrected chi connectivity index (χ4v) is 4.23. The summed E-state index contributed by atoms with van der Waals surface area (Å²) in [6, 6.07) is 2.90. The first-order valence-corrected chi connectivity index (χ1v) is 10.2. The lowest BCUT2D eigenvalue weighted by molar-refractivity contribution is -0.121. The minimum absolute atomic E-state index is 0.0116. The van der Waals surface area contributed by atoms with Crippen LogP contribution in [-0.2, 0) is 31.0 Å². The van der Waals surface area contributed by atoms with E-state index >= 15 is 0 Å². The van der Waals surface area contributed by atoms with Crippen molar-refractivity contribution in [3.63, 3.8) is 0 Å². The van der Waals surface area contributed by atoms with Gasteiger partial charge in [-0.25, -0.2) is 4.98 Å². The van der Waals surface area contributed by atoms with Crippen molar-refractivity contribution < 1.29 is 4.79 Å². The molecule has 4 rings (SSSR count). The van der Waals surface area contributed by atoms with E-state index in [2.05, 4.69) is 31.0 Å². The zero-order valence-electron chi connectivity index (χ0n) is 15.9. The summed E-state index contributed by atoms with van der Waals surface area (Å²) in [5.74, 6) is 0.0116. The average molecular weight is 371 g/mol. The molecule has 1 fully saturated rings. The molecule has 0 bridgehead atoms. The van der Waals surface area contributed by atoms with Gasteiger partial charge in [0.15, 0.2) is 0 Å². The lowest BCUT2D eigenvalue weighted by Gasteiger charge is -2.33. The third kappa shape index (κ3) is 4.74. The van der Waals surface area contributed by atoms with Crippen molar-refractivity contribution in [3.8, 4) is 0 Å². The number of amides is 1. The normalized spacial score (nSPS) is 18.8. The second-order valence-electron chi connectivity index (χ2n) is 7.65. The number of fused-ring (bicyclic) bond motifs is 1. The maximum atomic E-state index is 12.1. The number of rotatable bonds is 6. The largest absolute Gasteiger partial charge is 0.350 e. The lowest BCUT2D eigenvalue weighted by Crippen LogP contribution is -2.36. The molecule has 8 heteroatoms. The molecule has 0 radical (unpaired) electrons. The molecule has 0 atom stereocenters. The Morgan fingerprint density at radius 3 is 2.89 bits per heavy atom. The molecule has 2 aromatic heterocycles. The molecule has 1 aliphatic carbocycles. The molecule has 2 aliphatic rings. The summed E-state index contributed by atoms with van der Waals surface area (Å²) < 4.78 is 3.80. The number of aromatic nitrogens is 5. The SMILES string of the molecule is O=C(CCn1cncn1)NCc1cc2n(n1)CCCN(C1CCCCC1)C2. The fraction of sp³-hybridized carbons (Fsp3) is 0.684. The Bertz CT molecular complexity index is 733. The third-order valence-corrected chi connectivity index (χ3v) is 5.69. The number of carbonyl (C=O) groups excluding carboxylic acids is 1. The molecule has 3 heterocycles. The van der Waals surface area contributed by atoms with Gasteiger partial charge in [0.05, 0.1) is 24.5 Å². The van der Waals surface area contributed by atoms with E-state index in [0.29, 0.717) is 19.5 Å².